The van der Waals surface area contributed by atoms with E-state index in [1.165, 1.54) is 29.2 Å². The van der Waals surface area contributed by atoms with Crippen molar-refractivity contribution in [1.29, 1.82) is 0 Å². The van der Waals surface area contributed by atoms with E-state index in [1.807, 2.05) is 0 Å². The van der Waals surface area contributed by atoms with E-state index in [0.717, 1.165) is 18.2 Å². The molecule has 1 saturated heterocycles. The molecule has 2 aromatic carbocycles. The minimum absolute atomic E-state index is 0.0109. The summed E-state index contributed by atoms with van der Waals surface area (Å²) in [6, 6.07) is 7.97. The third-order valence-electron chi connectivity index (χ3n) is 4.27. The summed E-state index contributed by atoms with van der Waals surface area (Å²) in [6.07, 6.45) is -0.715. The van der Waals surface area contributed by atoms with Crippen molar-refractivity contribution in [1.82, 2.24) is 4.90 Å². The van der Waals surface area contributed by atoms with E-state index in [-0.39, 0.29) is 29.7 Å². The molecule has 0 spiro atoms. The number of benzene rings is 2. The highest BCUT2D eigenvalue weighted by molar-refractivity contribution is 5.97. The first-order chi connectivity index (χ1) is 11.9. The largest absolute Gasteiger partial charge is 0.391 e. The Morgan fingerprint density at radius 2 is 1.72 bits per heavy atom. The molecule has 130 valence electrons. The molecule has 1 fully saturated rings. The smallest absolute Gasteiger partial charge is 0.254 e. The second-order valence-corrected chi connectivity index (χ2v) is 5.97. The zero-order valence-corrected chi connectivity index (χ0v) is 13.2. The summed E-state index contributed by atoms with van der Waals surface area (Å²) in [5.41, 5.74) is 5.71. The van der Waals surface area contributed by atoms with E-state index < -0.39 is 35.6 Å². The number of carbonyl (C=O) groups is 2. The minimum atomic E-state index is -0.832. The van der Waals surface area contributed by atoms with Gasteiger partial charge < -0.3 is 15.7 Å². The van der Waals surface area contributed by atoms with Crippen LogP contribution in [0, 0.1) is 11.6 Å². The number of nitrogens with two attached hydrogens (primary N) is 1. The van der Waals surface area contributed by atoms with Gasteiger partial charge >= 0.3 is 0 Å². The third kappa shape index (κ3) is 3.36. The van der Waals surface area contributed by atoms with Crippen molar-refractivity contribution in [2.45, 2.75) is 18.6 Å². The van der Waals surface area contributed by atoms with Gasteiger partial charge in [-0.3, -0.25) is 9.59 Å². The molecule has 1 heterocycles. The quantitative estimate of drug-likeness (QED) is 0.892. The fourth-order valence-corrected chi connectivity index (χ4v) is 3.05. The van der Waals surface area contributed by atoms with Crippen LogP contribution in [0.1, 0.15) is 38.7 Å². The van der Waals surface area contributed by atoms with E-state index in [2.05, 4.69) is 0 Å². The van der Waals surface area contributed by atoms with E-state index >= 15 is 0 Å². The Morgan fingerprint density at radius 3 is 2.36 bits per heavy atom. The minimum Gasteiger partial charge on any atom is -0.391 e. The monoisotopic (exact) mass is 346 g/mol. The first-order valence-electron chi connectivity index (χ1n) is 7.70. The summed E-state index contributed by atoms with van der Waals surface area (Å²) in [6.45, 7) is 0.0109. The molecule has 3 rings (SSSR count). The average molecular weight is 346 g/mol. The second kappa shape index (κ2) is 6.60. The van der Waals surface area contributed by atoms with Gasteiger partial charge in [0.05, 0.1) is 12.1 Å². The molecule has 0 bridgehead atoms. The number of rotatable bonds is 3. The SMILES string of the molecule is NC(=O)c1ccc(C(=O)N2CC(O)CC2c2cc(F)ccc2F)cc1. The Kier molecular flexibility index (Phi) is 4.50. The number of hydrogen-bond donors (Lipinski definition) is 2. The average Bonchev–Trinajstić information content (AvgIpc) is 2.98. The van der Waals surface area contributed by atoms with Crippen molar-refractivity contribution >= 4 is 11.8 Å². The highest BCUT2D eigenvalue weighted by Gasteiger charge is 2.37. The van der Waals surface area contributed by atoms with Gasteiger partial charge in [0.2, 0.25) is 5.91 Å². The first-order valence-corrected chi connectivity index (χ1v) is 7.70. The van der Waals surface area contributed by atoms with Crippen molar-refractivity contribution in [2.24, 2.45) is 5.73 Å². The maximum absolute atomic E-state index is 14.1. The number of likely N-dealkylation sites (tertiary alicyclic amines) is 1. The molecule has 2 unspecified atom stereocenters. The maximum atomic E-state index is 14.1. The van der Waals surface area contributed by atoms with Gasteiger partial charge in [-0.15, -0.1) is 0 Å². The number of amides is 2. The van der Waals surface area contributed by atoms with Gasteiger partial charge in [0.25, 0.3) is 5.91 Å². The van der Waals surface area contributed by atoms with Crippen LogP contribution in [0.15, 0.2) is 42.5 Å². The molecule has 1 aliphatic heterocycles. The molecule has 7 heteroatoms. The molecule has 0 aliphatic carbocycles. The fraction of sp³-hybridized carbons (Fsp3) is 0.222. The normalized spacial score (nSPS) is 19.9. The van der Waals surface area contributed by atoms with E-state index in [0.29, 0.717) is 0 Å². The van der Waals surface area contributed by atoms with E-state index in [4.69, 9.17) is 5.73 Å². The lowest BCUT2D eigenvalue weighted by molar-refractivity contribution is 0.0713. The first kappa shape index (κ1) is 17.0. The van der Waals surface area contributed by atoms with Gasteiger partial charge in [-0.25, -0.2) is 8.78 Å². The Bertz CT molecular complexity index is 824. The third-order valence-corrected chi connectivity index (χ3v) is 4.27. The summed E-state index contributed by atoms with van der Waals surface area (Å²) in [5, 5.41) is 9.93. The van der Waals surface area contributed by atoms with Gasteiger partial charge in [-0.2, -0.15) is 0 Å². The lowest BCUT2D eigenvalue weighted by Gasteiger charge is -2.25. The van der Waals surface area contributed by atoms with E-state index in [1.54, 1.807) is 0 Å². The summed E-state index contributed by atoms with van der Waals surface area (Å²) in [4.78, 5) is 25.1. The molecule has 2 amide bonds. The van der Waals surface area contributed by atoms with Crippen LogP contribution in [0.2, 0.25) is 0 Å². The lowest BCUT2D eigenvalue weighted by atomic mass is 10.0. The lowest BCUT2D eigenvalue weighted by Crippen LogP contribution is -2.32. The molecule has 2 atom stereocenters. The van der Waals surface area contributed by atoms with Gasteiger partial charge in [0, 0.05) is 23.2 Å². The number of halogens is 2. The molecule has 2 aromatic rings. The van der Waals surface area contributed by atoms with E-state index in [9.17, 15) is 23.5 Å². The van der Waals surface area contributed by atoms with Crippen LogP contribution >= 0.6 is 0 Å². The Labute approximate surface area is 142 Å². The Hall–Kier alpha value is -2.80. The molecule has 0 radical (unpaired) electrons. The number of nitrogens with zero attached hydrogens (tertiary/aromatic N) is 1. The zero-order chi connectivity index (χ0) is 18.1. The molecule has 5 nitrogen and oxygen atoms in total. The molecule has 0 saturated carbocycles. The van der Waals surface area contributed by atoms with Crippen LogP contribution in [0.5, 0.6) is 0 Å². The van der Waals surface area contributed by atoms with Gasteiger partial charge in [-0.05, 0) is 48.9 Å². The van der Waals surface area contributed by atoms with Gasteiger partial charge in [-0.1, -0.05) is 0 Å². The zero-order valence-electron chi connectivity index (χ0n) is 13.2. The molecule has 25 heavy (non-hydrogen) atoms. The highest BCUT2D eigenvalue weighted by Crippen LogP contribution is 2.35. The summed E-state index contributed by atoms with van der Waals surface area (Å²) in [5.74, 6) is -2.31. The van der Waals surface area contributed by atoms with Gasteiger partial charge in [0.15, 0.2) is 0 Å². The topological polar surface area (TPSA) is 83.6 Å². The van der Waals surface area contributed by atoms with Crippen LogP contribution < -0.4 is 5.73 Å². The van der Waals surface area contributed by atoms with Crippen LogP contribution in [-0.4, -0.2) is 34.5 Å². The van der Waals surface area contributed by atoms with Crippen molar-refractivity contribution < 1.29 is 23.5 Å². The van der Waals surface area contributed by atoms with Crippen LogP contribution in [0.25, 0.3) is 0 Å². The highest BCUT2D eigenvalue weighted by atomic mass is 19.1. The molecule has 1 aliphatic rings. The predicted molar refractivity (Wildman–Crippen MR) is 85.7 cm³/mol. The van der Waals surface area contributed by atoms with Crippen molar-refractivity contribution in [3.05, 3.63) is 70.8 Å². The summed E-state index contributed by atoms with van der Waals surface area (Å²) in [7, 11) is 0. The number of β-amino-alcohol motifs (C(OH)–C–C–N with tert-alkyl or cyclic N) is 1. The van der Waals surface area contributed by atoms with Crippen LogP contribution in [-0.2, 0) is 0 Å². The number of primary amides is 1. The molecular formula is C18H16F2N2O3. The van der Waals surface area contributed by atoms with Crippen molar-refractivity contribution in [3.63, 3.8) is 0 Å². The predicted octanol–water partition coefficient (Wildman–Crippen LogP) is 2.01. The fourth-order valence-electron chi connectivity index (χ4n) is 3.05. The van der Waals surface area contributed by atoms with Crippen LogP contribution in [0.3, 0.4) is 0 Å². The van der Waals surface area contributed by atoms with Crippen molar-refractivity contribution in [3.8, 4) is 0 Å². The molecule has 0 aromatic heterocycles. The molecule has 3 N–H and O–H groups in total. The number of aliphatic hydroxyl groups is 1. The number of carbonyl (C=O) groups excluding carboxylic acids is 2. The van der Waals surface area contributed by atoms with Crippen LogP contribution in [0.4, 0.5) is 8.78 Å². The maximum Gasteiger partial charge on any atom is 0.254 e. The summed E-state index contributed by atoms with van der Waals surface area (Å²) < 4.78 is 27.6. The number of hydrogen-bond acceptors (Lipinski definition) is 3. The van der Waals surface area contributed by atoms with Gasteiger partial charge in [0.1, 0.15) is 11.6 Å². The number of aliphatic hydroxyl groups excluding tert-OH is 1. The Morgan fingerprint density at radius 1 is 1.08 bits per heavy atom. The van der Waals surface area contributed by atoms with Crippen molar-refractivity contribution in [2.75, 3.05) is 6.54 Å². The second-order valence-electron chi connectivity index (χ2n) is 5.97. The Balaban J connectivity index is 1.92. The molecular weight excluding hydrogens is 330 g/mol. The summed E-state index contributed by atoms with van der Waals surface area (Å²) >= 11 is 0. The standard InChI is InChI=1S/C18H16F2N2O3/c19-12-5-6-15(20)14(7-12)16-8-13(23)9-22(16)18(25)11-3-1-10(2-4-11)17(21)24/h1-7,13,16,23H,8-9H2,(H2,21,24).